The lowest BCUT2D eigenvalue weighted by atomic mass is 10.3. The van der Waals surface area contributed by atoms with Gasteiger partial charge in [0.1, 0.15) is 24.7 Å². The van der Waals surface area contributed by atoms with Crippen molar-refractivity contribution < 1.29 is 14.2 Å². The molecule has 0 atom stereocenters. The minimum absolute atomic E-state index is 0.0719. The Morgan fingerprint density at radius 3 is 2.48 bits per heavy atom. The summed E-state index contributed by atoms with van der Waals surface area (Å²) in [6.45, 7) is 2.94. The van der Waals surface area contributed by atoms with E-state index in [0.717, 1.165) is 17.2 Å². The maximum Gasteiger partial charge on any atom is 0.223 e. The molecule has 0 radical (unpaired) electrons. The largest absolute Gasteiger partial charge is 0.497 e. The number of rotatable bonds is 7. The van der Waals surface area contributed by atoms with Crippen LogP contribution in [0.25, 0.3) is 0 Å². The van der Waals surface area contributed by atoms with Crippen LogP contribution in [-0.4, -0.2) is 24.9 Å². The van der Waals surface area contributed by atoms with E-state index in [1.54, 1.807) is 13.3 Å². The number of pyridine rings is 1. The molecule has 0 saturated carbocycles. The maximum atomic E-state index is 11.8. The number of hydrogen-bond acceptors (Lipinski definition) is 4. The Balaban J connectivity index is 2.00. The van der Waals surface area contributed by atoms with Crippen molar-refractivity contribution in [3.8, 4) is 29.6 Å². The van der Waals surface area contributed by atoms with Gasteiger partial charge in [-0.3, -0.25) is 4.79 Å². The molecular formula is C18H19NO4. The molecule has 0 unspecified atom stereocenters. The summed E-state index contributed by atoms with van der Waals surface area (Å²) in [6, 6.07) is 8.83. The summed E-state index contributed by atoms with van der Waals surface area (Å²) in [5.41, 5.74) is 0.552. The predicted molar refractivity (Wildman–Crippen MR) is 88.3 cm³/mol. The van der Waals surface area contributed by atoms with Crippen molar-refractivity contribution in [2.24, 2.45) is 0 Å². The van der Waals surface area contributed by atoms with E-state index >= 15 is 0 Å². The molecule has 2 aromatic rings. The normalized spacial score (nSPS) is 9.96. The van der Waals surface area contributed by atoms with E-state index in [-0.39, 0.29) is 17.8 Å². The van der Waals surface area contributed by atoms with E-state index in [1.165, 1.54) is 6.07 Å². The van der Waals surface area contributed by atoms with Crippen molar-refractivity contribution in [1.82, 2.24) is 4.57 Å². The van der Waals surface area contributed by atoms with E-state index in [0.29, 0.717) is 13.2 Å². The zero-order valence-corrected chi connectivity index (χ0v) is 13.2. The average Bonchev–Trinajstić information content (AvgIpc) is 2.57. The third-order valence-corrected chi connectivity index (χ3v) is 3.35. The molecule has 1 aromatic heterocycles. The summed E-state index contributed by atoms with van der Waals surface area (Å²) in [4.78, 5) is 11.8. The van der Waals surface area contributed by atoms with E-state index in [9.17, 15) is 4.79 Å². The van der Waals surface area contributed by atoms with Crippen molar-refractivity contribution in [3.63, 3.8) is 0 Å². The molecule has 0 aliphatic carbocycles. The minimum Gasteiger partial charge on any atom is -0.497 e. The zero-order chi connectivity index (χ0) is 16.7. The fraction of sp³-hybridized carbons (Fsp3) is 0.278. The summed E-state index contributed by atoms with van der Waals surface area (Å²) in [6.07, 6.45) is 6.89. The van der Waals surface area contributed by atoms with Gasteiger partial charge in [0.2, 0.25) is 5.43 Å². The van der Waals surface area contributed by atoms with Gasteiger partial charge in [0.25, 0.3) is 0 Å². The quantitative estimate of drug-likeness (QED) is 0.736. The van der Waals surface area contributed by atoms with Gasteiger partial charge in [0.15, 0.2) is 5.75 Å². The molecular weight excluding hydrogens is 294 g/mol. The van der Waals surface area contributed by atoms with Gasteiger partial charge >= 0.3 is 0 Å². The Kier molecular flexibility index (Phi) is 5.70. The molecule has 5 nitrogen and oxygen atoms in total. The molecule has 0 amide bonds. The van der Waals surface area contributed by atoms with Gasteiger partial charge in [-0.1, -0.05) is 5.92 Å². The molecule has 0 saturated heterocycles. The van der Waals surface area contributed by atoms with Crippen LogP contribution >= 0.6 is 0 Å². The summed E-state index contributed by atoms with van der Waals surface area (Å²) in [7, 11) is 1.62. The number of nitrogens with zero attached hydrogens (tertiary/aromatic N) is 1. The van der Waals surface area contributed by atoms with Crippen molar-refractivity contribution in [2.75, 3.05) is 20.3 Å². The Morgan fingerprint density at radius 2 is 1.83 bits per heavy atom. The predicted octanol–water partition coefficient (Wildman–Crippen LogP) is 2.26. The Bertz CT molecular complexity index is 741. The zero-order valence-electron chi connectivity index (χ0n) is 13.2. The highest BCUT2D eigenvalue weighted by Gasteiger charge is 2.08. The number of ether oxygens (including phenoxy) is 3. The average molecular weight is 313 g/mol. The lowest BCUT2D eigenvalue weighted by molar-refractivity contribution is 0.293. The van der Waals surface area contributed by atoms with Crippen molar-refractivity contribution in [3.05, 3.63) is 52.4 Å². The van der Waals surface area contributed by atoms with Crippen molar-refractivity contribution in [2.45, 2.75) is 13.5 Å². The fourth-order valence-electron chi connectivity index (χ4n) is 2.12. The highest BCUT2D eigenvalue weighted by atomic mass is 16.5. The van der Waals surface area contributed by atoms with Crippen LogP contribution < -0.4 is 19.6 Å². The maximum absolute atomic E-state index is 11.8. The van der Waals surface area contributed by atoms with Gasteiger partial charge < -0.3 is 18.8 Å². The summed E-state index contributed by atoms with van der Waals surface area (Å²) < 4.78 is 18.0. The summed E-state index contributed by atoms with van der Waals surface area (Å²) in [5.74, 6) is 4.18. The van der Waals surface area contributed by atoms with Crippen LogP contribution in [-0.2, 0) is 6.54 Å². The van der Waals surface area contributed by atoms with Crippen molar-refractivity contribution in [1.29, 1.82) is 0 Å². The molecule has 0 N–H and O–H groups in total. The third kappa shape index (κ3) is 4.30. The highest BCUT2D eigenvalue weighted by Crippen LogP contribution is 2.17. The van der Waals surface area contributed by atoms with Crippen LogP contribution in [0.15, 0.2) is 41.3 Å². The van der Waals surface area contributed by atoms with Gasteiger partial charge in [-0.05, 0) is 31.2 Å². The molecule has 1 heterocycles. The fourth-order valence-corrected chi connectivity index (χ4v) is 2.12. The van der Waals surface area contributed by atoms with Gasteiger partial charge in [0, 0.05) is 12.3 Å². The highest BCUT2D eigenvalue weighted by molar-refractivity contribution is 5.31. The van der Waals surface area contributed by atoms with Crippen LogP contribution in [0, 0.1) is 19.3 Å². The first-order chi connectivity index (χ1) is 11.2. The van der Waals surface area contributed by atoms with Gasteiger partial charge in [0.05, 0.1) is 19.3 Å². The molecule has 0 aliphatic heterocycles. The Hall–Kier alpha value is -2.87. The topological polar surface area (TPSA) is 49.7 Å². The second-order valence-corrected chi connectivity index (χ2v) is 4.80. The number of hydrogen-bond donors (Lipinski definition) is 0. The van der Waals surface area contributed by atoms with Crippen molar-refractivity contribution >= 4 is 0 Å². The Labute approximate surface area is 135 Å². The molecule has 2 rings (SSSR count). The smallest absolute Gasteiger partial charge is 0.223 e. The lowest BCUT2D eigenvalue weighted by Crippen LogP contribution is -2.17. The van der Waals surface area contributed by atoms with E-state index in [4.69, 9.17) is 20.6 Å². The summed E-state index contributed by atoms with van der Waals surface area (Å²) in [5, 5.41) is 0. The first-order valence-corrected chi connectivity index (χ1v) is 7.19. The first-order valence-electron chi connectivity index (χ1n) is 7.19. The number of terminal acetylenes is 1. The SMILES string of the molecule is C#CCOc1c(C)n(CCOc2ccc(OC)cc2)ccc1=O. The molecule has 5 heteroatoms. The van der Waals surface area contributed by atoms with Crippen LogP contribution in [0.5, 0.6) is 17.2 Å². The Morgan fingerprint density at radius 1 is 1.13 bits per heavy atom. The molecule has 23 heavy (non-hydrogen) atoms. The molecule has 0 bridgehead atoms. The minimum atomic E-state index is -0.176. The van der Waals surface area contributed by atoms with E-state index in [1.807, 2.05) is 35.8 Å². The third-order valence-electron chi connectivity index (χ3n) is 3.35. The standard InChI is InChI=1S/C18H19NO4/c1-4-12-23-18-14(2)19(10-9-17(18)20)11-13-22-16-7-5-15(21-3)6-8-16/h1,5-10H,11-13H2,2-3H3. The van der Waals surface area contributed by atoms with Gasteiger partial charge in [-0.2, -0.15) is 0 Å². The second-order valence-electron chi connectivity index (χ2n) is 4.80. The molecule has 0 fully saturated rings. The van der Waals surface area contributed by atoms with Gasteiger partial charge in [-0.25, -0.2) is 0 Å². The van der Waals surface area contributed by atoms with Gasteiger partial charge in [-0.15, -0.1) is 6.42 Å². The van der Waals surface area contributed by atoms with E-state index in [2.05, 4.69) is 5.92 Å². The van der Waals surface area contributed by atoms with Crippen LogP contribution in [0.2, 0.25) is 0 Å². The van der Waals surface area contributed by atoms with E-state index < -0.39 is 0 Å². The van der Waals surface area contributed by atoms with Crippen LogP contribution in [0.3, 0.4) is 0 Å². The molecule has 0 aliphatic rings. The van der Waals surface area contributed by atoms with Crippen LogP contribution in [0.1, 0.15) is 5.69 Å². The number of benzene rings is 1. The first kappa shape index (κ1) is 16.5. The monoisotopic (exact) mass is 313 g/mol. The molecule has 1 aromatic carbocycles. The molecule has 0 spiro atoms. The number of aromatic nitrogens is 1. The number of methoxy groups -OCH3 is 1. The summed E-state index contributed by atoms with van der Waals surface area (Å²) >= 11 is 0. The van der Waals surface area contributed by atoms with Crippen LogP contribution in [0.4, 0.5) is 0 Å². The second kappa shape index (κ2) is 7.95. The lowest BCUT2D eigenvalue weighted by Gasteiger charge is -2.14. The molecule has 120 valence electrons.